The molecule has 3 rings (SSSR count). The highest BCUT2D eigenvalue weighted by molar-refractivity contribution is 5.80. The van der Waals surface area contributed by atoms with Gasteiger partial charge < -0.3 is 43.3 Å². The Morgan fingerprint density at radius 2 is 1.57 bits per heavy atom. The normalized spacial score (nSPS) is 11.0. The second-order valence-electron chi connectivity index (χ2n) is 9.90. The number of hydrogen-bond donors (Lipinski definition) is 2. The molecule has 246 valence electrons. The lowest BCUT2D eigenvalue weighted by molar-refractivity contribution is -0.121. The molecular weight excluding hydrogens is 576 g/mol. The molecule has 0 radical (unpaired) electrons. The topological polar surface area (TPSA) is 166 Å². The summed E-state index contributed by atoms with van der Waals surface area (Å²) in [6.07, 6.45) is 3.38. The molecule has 0 bridgehead atoms. The van der Waals surface area contributed by atoms with Crippen molar-refractivity contribution in [2.24, 2.45) is 5.92 Å². The number of methoxy groups -OCH3 is 1. The van der Waals surface area contributed by atoms with Crippen LogP contribution in [0, 0.1) is 5.92 Å². The number of phenolic OH excluding ortho intramolecular Hbond substituents is 1. The van der Waals surface area contributed by atoms with Crippen LogP contribution in [0.2, 0.25) is 0 Å². The zero-order valence-electron chi connectivity index (χ0n) is 26.1. The number of aromatic nitrogens is 3. The largest absolute Gasteiger partial charge is 0.504 e. The van der Waals surface area contributed by atoms with Crippen LogP contribution < -0.4 is 15.7 Å². The van der Waals surface area contributed by atoms with Gasteiger partial charge in [0.1, 0.15) is 11.3 Å². The van der Waals surface area contributed by atoms with Crippen LogP contribution in [0.4, 0.5) is 0 Å². The molecule has 0 spiro atoms. The minimum absolute atomic E-state index is 0.0281. The molecular formula is C30H46N4O10. The van der Waals surface area contributed by atoms with Crippen LogP contribution in [0.5, 0.6) is 11.5 Å². The molecule has 2 heterocycles. The third-order valence-corrected chi connectivity index (χ3v) is 5.93. The van der Waals surface area contributed by atoms with E-state index >= 15 is 0 Å². The molecule has 0 saturated heterocycles. The van der Waals surface area contributed by atoms with E-state index in [-0.39, 0.29) is 11.7 Å². The molecule has 0 saturated carbocycles. The average Bonchev–Trinajstić information content (AvgIpc) is 3.47. The van der Waals surface area contributed by atoms with Crippen molar-refractivity contribution in [2.45, 2.75) is 39.8 Å². The molecule has 2 N–H and O–H groups in total. The monoisotopic (exact) mass is 622 g/mol. The van der Waals surface area contributed by atoms with E-state index in [2.05, 4.69) is 29.5 Å². The first-order valence-electron chi connectivity index (χ1n) is 14.6. The molecule has 0 atom stereocenters. The van der Waals surface area contributed by atoms with Gasteiger partial charge >= 0.3 is 5.63 Å². The Hall–Kier alpha value is -3.56. The molecule has 14 heteroatoms. The van der Waals surface area contributed by atoms with Crippen LogP contribution in [0.25, 0.3) is 11.0 Å². The van der Waals surface area contributed by atoms with E-state index in [1.54, 1.807) is 19.2 Å². The molecule has 0 fully saturated rings. The lowest BCUT2D eigenvalue weighted by atomic mass is 10.1. The van der Waals surface area contributed by atoms with E-state index < -0.39 is 5.63 Å². The van der Waals surface area contributed by atoms with Crippen molar-refractivity contribution >= 4 is 16.9 Å². The molecule has 0 aliphatic heterocycles. The quantitative estimate of drug-likeness (QED) is 0.132. The number of fused-ring (bicyclic) bond motifs is 1. The maximum Gasteiger partial charge on any atom is 0.336 e. The standard InChI is InChI=1S/C20H38N4O6.C10H8O4/c1-18(2)4-6-24-16-19(22-23-24)17-30-15-14-29-13-12-28-11-10-27-9-8-26-7-5-20(25)21-3;1-13-9-4-6-2-3-10(12)14-8(6)5-7(9)11/h16,18H,4-15,17H2,1-3H3,(H,21,25);2-5,11H,1H3. The van der Waals surface area contributed by atoms with Crippen molar-refractivity contribution < 1.29 is 42.7 Å². The van der Waals surface area contributed by atoms with Crippen molar-refractivity contribution in [3.8, 4) is 11.5 Å². The first-order valence-corrected chi connectivity index (χ1v) is 14.6. The van der Waals surface area contributed by atoms with E-state index in [9.17, 15) is 14.7 Å². The van der Waals surface area contributed by atoms with E-state index in [0.29, 0.717) is 95.1 Å². The molecule has 0 aliphatic rings. The third-order valence-electron chi connectivity index (χ3n) is 5.93. The highest BCUT2D eigenvalue weighted by Crippen LogP contribution is 2.30. The highest BCUT2D eigenvalue weighted by Gasteiger charge is 2.06. The van der Waals surface area contributed by atoms with E-state index in [1.807, 2.05) is 10.9 Å². The molecule has 0 unspecified atom stereocenters. The summed E-state index contributed by atoms with van der Waals surface area (Å²) in [5.41, 5.74) is 0.733. The smallest absolute Gasteiger partial charge is 0.336 e. The maximum atomic E-state index is 11.0. The Morgan fingerprint density at radius 1 is 0.955 bits per heavy atom. The minimum Gasteiger partial charge on any atom is -0.504 e. The van der Waals surface area contributed by atoms with Crippen molar-refractivity contribution in [3.05, 3.63) is 46.6 Å². The number of phenols is 1. The fourth-order valence-corrected chi connectivity index (χ4v) is 3.50. The van der Waals surface area contributed by atoms with Crippen LogP contribution in [0.3, 0.4) is 0 Å². The highest BCUT2D eigenvalue weighted by atomic mass is 16.6. The summed E-state index contributed by atoms with van der Waals surface area (Å²) < 4.78 is 38.7. The minimum atomic E-state index is -0.443. The first kappa shape index (κ1) is 36.6. The molecule has 3 aromatic rings. The number of nitrogens with zero attached hydrogens (tertiary/aromatic N) is 3. The molecule has 14 nitrogen and oxygen atoms in total. The van der Waals surface area contributed by atoms with Crippen molar-refractivity contribution in [1.29, 1.82) is 0 Å². The third kappa shape index (κ3) is 15.8. The number of nitrogens with one attached hydrogen (secondary N) is 1. The Kier molecular flexibility index (Phi) is 18.3. The van der Waals surface area contributed by atoms with Crippen LogP contribution in [0.15, 0.2) is 39.7 Å². The number of carbonyl (C=O) groups excluding carboxylic acids is 1. The van der Waals surface area contributed by atoms with E-state index in [4.69, 9.17) is 32.8 Å². The van der Waals surface area contributed by atoms with Crippen molar-refractivity contribution in [1.82, 2.24) is 20.3 Å². The van der Waals surface area contributed by atoms with Crippen LogP contribution >= 0.6 is 0 Å². The molecule has 1 aromatic carbocycles. The maximum absolute atomic E-state index is 11.0. The lowest BCUT2D eigenvalue weighted by Crippen LogP contribution is -2.20. The number of carbonyl (C=O) groups is 1. The summed E-state index contributed by atoms with van der Waals surface area (Å²) >= 11 is 0. The average molecular weight is 623 g/mol. The Bertz CT molecular complexity index is 1260. The predicted molar refractivity (Wildman–Crippen MR) is 162 cm³/mol. The van der Waals surface area contributed by atoms with Gasteiger partial charge in [0.25, 0.3) is 0 Å². The van der Waals surface area contributed by atoms with Gasteiger partial charge in [-0.15, -0.1) is 5.10 Å². The molecule has 44 heavy (non-hydrogen) atoms. The number of hydrogen-bond acceptors (Lipinski definition) is 12. The van der Waals surface area contributed by atoms with Gasteiger partial charge in [0.15, 0.2) is 11.5 Å². The van der Waals surface area contributed by atoms with Crippen LogP contribution in [-0.2, 0) is 41.6 Å². The summed E-state index contributed by atoms with van der Waals surface area (Å²) in [7, 11) is 3.06. The van der Waals surface area contributed by atoms with Crippen molar-refractivity contribution in [3.63, 3.8) is 0 Å². The number of amides is 1. The zero-order valence-corrected chi connectivity index (χ0v) is 26.1. The van der Waals surface area contributed by atoms with Gasteiger partial charge in [-0.05, 0) is 24.5 Å². The molecule has 1 amide bonds. The summed E-state index contributed by atoms with van der Waals surface area (Å²) in [6.45, 7) is 10.1. The summed E-state index contributed by atoms with van der Waals surface area (Å²) in [5, 5.41) is 20.9. The summed E-state index contributed by atoms with van der Waals surface area (Å²) in [4.78, 5) is 21.9. The van der Waals surface area contributed by atoms with Gasteiger partial charge in [0.2, 0.25) is 5.91 Å². The van der Waals surface area contributed by atoms with Gasteiger partial charge in [0, 0.05) is 37.5 Å². The second kappa shape index (κ2) is 22.0. The van der Waals surface area contributed by atoms with Gasteiger partial charge in [0.05, 0.1) is 79.4 Å². The van der Waals surface area contributed by atoms with Crippen LogP contribution in [0.1, 0.15) is 32.4 Å². The summed E-state index contributed by atoms with van der Waals surface area (Å²) in [5.74, 6) is 0.926. The van der Waals surface area contributed by atoms with Crippen molar-refractivity contribution in [2.75, 3.05) is 73.6 Å². The Balaban J connectivity index is 0.000000396. The number of rotatable bonds is 21. The predicted octanol–water partition coefficient (Wildman–Crippen LogP) is 2.55. The van der Waals surface area contributed by atoms with Gasteiger partial charge in [-0.3, -0.25) is 9.48 Å². The Morgan fingerprint density at radius 3 is 2.16 bits per heavy atom. The second-order valence-corrected chi connectivity index (χ2v) is 9.90. The fourth-order valence-electron chi connectivity index (χ4n) is 3.50. The fraction of sp³-hybridized carbons (Fsp3) is 0.600. The lowest BCUT2D eigenvalue weighted by Gasteiger charge is -2.07. The van der Waals surface area contributed by atoms with Crippen LogP contribution in [-0.4, -0.2) is 99.6 Å². The SMILES string of the molecule is CNC(=O)CCOCCOCCOCCOCCOCc1cn(CCC(C)C)nn1.COc1cc2ccc(=O)oc2cc1O. The molecule has 2 aromatic heterocycles. The van der Waals surface area contributed by atoms with E-state index in [1.165, 1.54) is 19.2 Å². The number of benzene rings is 1. The first-order chi connectivity index (χ1) is 21.3. The van der Waals surface area contributed by atoms with Gasteiger partial charge in [-0.2, -0.15) is 0 Å². The van der Waals surface area contributed by atoms with E-state index in [0.717, 1.165) is 18.7 Å². The van der Waals surface area contributed by atoms with Gasteiger partial charge in [-0.1, -0.05) is 19.1 Å². The van der Waals surface area contributed by atoms with Gasteiger partial charge in [-0.25, -0.2) is 4.79 Å². The number of aromatic hydroxyl groups is 1. The number of aryl methyl sites for hydroxylation is 1. The Labute approximate surface area is 257 Å². The summed E-state index contributed by atoms with van der Waals surface area (Å²) in [6, 6.07) is 5.89. The zero-order chi connectivity index (χ0) is 32.0. The molecule has 0 aliphatic carbocycles. The number of ether oxygens (including phenoxy) is 6.